The molecule has 102 valence electrons. The first-order valence-corrected chi connectivity index (χ1v) is 7.49. The lowest BCUT2D eigenvalue weighted by atomic mass is 9.85. The molecule has 4 unspecified atom stereocenters. The van der Waals surface area contributed by atoms with E-state index in [-0.39, 0.29) is 5.92 Å². The van der Waals surface area contributed by atoms with E-state index in [9.17, 15) is 4.79 Å². The van der Waals surface area contributed by atoms with Gasteiger partial charge in [0.05, 0.1) is 18.3 Å². The van der Waals surface area contributed by atoms with Gasteiger partial charge < -0.3 is 9.64 Å². The number of rotatable bonds is 3. The molecule has 1 heterocycles. The average molecular weight is 259 g/mol. The molecule has 0 radical (unpaired) electrons. The van der Waals surface area contributed by atoms with Gasteiger partial charge in [0, 0.05) is 19.6 Å². The Bertz CT molecular complexity index is 467. The number of carbonyl (C=O) groups is 1. The fraction of sp³-hybridized carbons (Fsp3) is 0.688. The SMILES string of the molecule is COC[C@@H]1CCCN1C1=CC2C3C=CC(C3)C2C1=O. The van der Waals surface area contributed by atoms with Crippen molar-refractivity contribution in [1.82, 2.24) is 4.90 Å². The van der Waals surface area contributed by atoms with Crippen molar-refractivity contribution < 1.29 is 9.53 Å². The summed E-state index contributed by atoms with van der Waals surface area (Å²) in [6.07, 6.45) is 10.4. The van der Waals surface area contributed by atoms with Crippen molar-refractivity contribution in [1.29, 1.82) is 0 Å². The molecule has 1 aliphatic heterocycles. The van der Waals surface area contributed by atoms with Gasteiger partial charge in [0.1, 0.15) is 0 Å². The van der Waals surface area contributed by atoms with E-state index in [1.54, 1.807) is 7.11 Å². The molecule has 1 saturated carbocycles. The Morgan fingerprint density at radius 2 is 2.21 bits per heavy atom. The lowest BCUT2D eigenvalue weighted by Gasteiger charge is -2.27. The van der Waals surface area contributed by atoms with E-state index in [2.05, 4.69) is 23.1 Å². The van der Waals surface area contributed by atoms with E-state index in [1.807, 2.05) is 0 Å². The number of hydrogen-bond donors (Lipinski definition) is 0. The highest BCUT2D eigenvalue weighted by atomic mass is 16.5. The van der Waals surface area contributed by atoms with Crippen LogP contribution in [0.4, 0.5) is 0 Å². The molecule has 3 aliphatic carbocycles. The predicted molar refractivity (Wildman–Crippen MR) is 72.4 cm³/mol. The van der Waals surface area contributed by atoms with Crippen LogP contribution in [0.3, 0.4) is 0 Å². The van der Waals surface area contributed by atoms with E-state index in [1.165, 1.54) is 12.8 Å². The standard InChI is InChI=1S/C16H21NO2/c1-19-9-12-3-2-6-17(12)14-8-13-10-4-5-11(7-10)15(13)16(14)18/h4-5,8,10-13,15H,2-3,6-7,9H2,1H3/t10?,11?,12-,13?,15?/m0/s1. The summed E-state index contributed by atoms with van der Waals surface area (Å²) in [5, 5.41) is 0. The molecule has 0 aromatic rings. The van der Waals surface area contributed by atoms with Gasteiger partial charge >= 0.3 is 0 Å². The molecule has 1 saturated heterocycles. The fourth-order valence-electron chi connectivity index (χ4n) is 4.65. The second-order valence-electron chi connectivity index (χ2n) is 6.41. The predicted octanol–water partition coefficient (Wildman–Crippen LogP) is 2.00. The highest BCUT2D eigenvalue weighted by Gasteiger charge is 2.52. The lowest BCUT2D eigenvalue weighted by molar-refractivity contribution is -0.121. The van der Waals surface area contributed by atoms with Gasteiger partial charge in [-0.1, -0.05) is 18.2 Å². The van der Waals surface area contributed by atoms with E-state index in [0.717, 1.165) is 25.3 Å². The average Bonchev–Trinajstić information content (AvgIpc) is 3.11. The van der Waals surface area contributed by atoms with Crippen LogP contribution < -0.4 is 0 Å². The van der Waals surface area contributed by atoms with Gasteiger partial charge in [-0.3, -0.25) is 4.79 Å². The molecule has 0 N–H and O–H groups in total. The number of hydrogen-bond acceptors (Lipinski definition) is 3. The number of methoxy groups -OCH3 is 1. The molecule has 2 fully saturated rings. The van der Waals surface area contributed by atoms with Crippen molar-refractivity contribution in [3.8, 4) is 0 Å². The quantitative estimate of drug-likeness (QED) is 0.726. The molecule has 2 bridgehead atoms. The first-order chi connectivity index (χ1) is 9.29. The molecule has 0 amide bonds. The van der Waals surface area contributed by atoms with Gasteiger partial charge in [0.2, 0.25) is 0 Å². The molecule has 3 nitrogen and oxygen atoms in total. The molecule has 0 aromatic carbocycles. The summed E-state index contributed by atoms with van der Waals surface area (Å²) in [5.74, 6) is 2.29. The first kappa shape index (κ1) is 11.7. The molecular formula is C16H21NO2. The van der Waals surface area contributed by atoms with Crippen LogP contribution in [0.25, 0.3) is 0 Å². The minimum absolute atomic E-state index is 0.258. The van der Waals surface area contributed by atoms with E-state index in [0.29, 0.717) is 29.6 Å². The van der Waals surface area contributed by atoms with E-state index >= 15 is 0 Å². The van der Waals surface area contributed by atoms with Crippen LogP contribution in [-0.4, -0.2) is 37.0 Å². The van der Waals surface area contributed by atoms with Crippen LogP contribution >= 0.6 is 0 Å². The molecule has 4 rings (SSSR count). The number of fused-ring (bicyclic) bond motifs is 5. The summed E-state index contributed by atoms with van der Waals surface area (Å²) in [7, 11) is 1.75. The molecule has 3 heteroatoms. The number of allylic oxidation sites excluding steroid dienone is 4. The van der Waals surface area contributed by atoms with Crippen molar-refractivity contribution in [2.24, 2.45) is 23.7 Å². The third-order valence-electron chi connectivity index (χ3n) is 5.47. The van der Waals surface area contributed by atoms with Crippen molar-refractivity contribution in [2.45, 2.75) is 25.3 Å². The summed E-state index contributed by atoms with van der Waals surface area (Å²) in [6.45, 7) is 1.76. The molecule has 19 heavy (non-hydrogen) atoms. The summed E-state index contributed by atoms with van der Waals surface area (Å²) < 4.78 is 5.31. The zero-order valence-electron chi connectivity index (χ0n) is 11.4. The Morgan fingerprint density at radius 1 is 1.37 bits per heavy atom. The third kappa shape index (κ3) is 1.57. The molecule has 0 aromatic heterocycles. The first-order valence-electron chi connectivity index (χ1n) is 7.49. The Kier molecular flexibility index (Phi) is 2.59. The van der Waals surface area contributed by atoms with Crippen molar-refractivity contribution in [3.05, 3.63) is 23.9 Å². The number of nitrogens with zero attached hydrogens (tertiary/aromatic N) is 1. The highest BCUT2D eigenvalue weighted by molar-refractivity contribution is 6.00. The smallest absolute Gasteiger partial charge is 0.182 e. The minimum atomic E-state index is 0.258. The Labute approximate surface area is 114 Å². The second-order valence-corrected chi connectivity index (χ2v) is 6.41. The number of carbonyl (C=O) groups excluding carboxylic acids is 1. The van der Waals surface area contributed by atoms with Crippen LogP contribution in [0.1, 0.15) is 19.3 Å². The monoisotopic (exact) mass is 259 g/mol. The number of Topliss-reactive ketones (excluding diaryl/α,β-unsaturated/α-hetero) is 1. The molecule has 5 atom stereocenters. The van der Waals surface area contributed by atoms with Gasteiger partial charge in [-0.05, 0) is 37.0 Å². The molecular weight excluding hydrogens is 238 g/mol. The van der Waals surface area contributed by atoms with Crippen molar-refractivity contribution in [3.63, 3.8) is 0 Å². The van der Waals surface area contributed by atoms with Gasteiger partial charge in [0.25, 0.3) is 0 Å². The third-order valence-corrected chi connectivity index (χ3v) is 5.47. The van der Waals surface area contributed by atoms with Gasteiger partial charge in [-0.2, -0.15) is 0 Å². The largest absolute Gasteiger partial charge is 0.383 e. The maximum absolute atomic E-state index is 12.7. The number of ether oxygens (including phenoxy) is 1. The molecule has 4 aliphatic rings. The van der Waals surface area contributed by atoms with Crippen LogP contribution in [0, 0.1) is 23.7 Å². The van der Waals surface area contributed by atoms with Crippen molar-refractivity contribution in [2.75, 3.05) is 20.3 Å². The number of ketones is 1. The maximum atomic E-state index is 12.7. The van der Waals surface area contributed by atoms with Crippen LogP contribution in [0.5, 0.6) is 0 Å². The lowest BCUT2D eigenvalue weighted by Crippen LogP contribution is -2.35. The Hall–Kier alpha value is -1.09. The van der Waals surface area contributed by atoms with Gasteiger partial charge in [-0.25, -0.2) is 0 Å². The highest BCUT2D eigenvalue weighted by Crippen LogP contribution is 2.53. The number of likely N-dealkylation sites (tertiary alicyclic amines) is 1. The Balaban J connectivity index is 1.60. The summed E-state index contributed by atoms with van der Waals surface area (Å²) in [5.41, 5.74) is 1.01. The molecule has 0 spiro atoms. The second kappa shape index (κ2) is 4.20. The fourth-order valence-corrected chi connectivity index (χ4v) is 4.65. The van der Waals surface area contributed by atoms with E-state index in [4.69, 9.17) is 4.74 Å². The Morgan fingerprint density at radius 3 is 3.00 bits per heavy atom. The topological polar surface area (TPSA) is 29.5 Å². The zero-order chi connectivity index (χ0) is 13.0. The normalized spacial score (nSPS) is 43.2. The summed E-state index contributed by atoms with van der Waals surface area (Å²) >= 11 is 0. The maximum Gasteiger partial charge on any atom is 0.182 e. The summed E-state index contributed by atoms with van der Waals surface area (Å²) in [4.78, 5) is 15.1. The van der Waals surface area contributed by atoms with Gasteiger partial charge in [0.15, 0.2) is 5.78 Å². The summed E-state index contributed by atoms with van der Waals surface area (Å²) in [6, 6.07) is 0.407. The zero-order valence-corrected chi connectivity index (χ0v) is 11.4. The van der Waals surface area contributed by atoms with Crippen LogP contribution in [0.15, 0.2) is 23.9 Å². The van der Waals surface area contributed by atoms with Crippen LogP contribution in [0.2, 0.25) is 0 Å². The van der Waals surface area contributed by atoms with E-state index < -0.39 is 0 Å². The minimum Gasteiger partial charge on any atom is -0.383 e. The van der Waals surface area contributed by atoms with Crippen molar-refractivity contribution >= 4 is 5.78 Å². The van der Waals surface area contributed by atoms with Gasteiger partial charge in [-0.15, -0.1) is 0 Å². The van der Waals surface area contributed by atoms with Crippen LogP contribution in [-0.2, 0) is 9.53 Å².